The Kier molecular flexibility index (Phi) is 2.73. The molecule has 4 nitrogen and oxygen atoms in total. The quantitative estimate of drug-likeness (QED) is 0.630. The van der Waals surface area contributed by atoms with Gasteiger partial charge in [-0.05, 0) is 13.1 Å². The van der Waals surface area contributed by atoms with Crippen molar-refractivity contribution in [2.24, 2.45) is 0 Å². The van der Waals surface area contributed by atoms with Crippen molar-refractivity contribution in [3.8, 4) is 0 Å². The molecular formula is C9H17N2O2+. The van der Waals surface area contributed by atoms with E-state index in [0.717, 1.165) is 6.54 Å². The van der Waals surface area contributed by atoms with Gasteiger partial charge in [-0.1, -0.05) is 0 Å². The summed E-state index contributed by atoms with van der Waals surface area (Å²) in [5.41, 5.74) is 0. The molecule has 2 atom stereocenters. The molecule has 0 aliphatic carbocycles. The van der Waals surface area contributed by atoms with Gasteiger partial charge >= 0.3 is 5.97 Å². The average Bonchev–Trinajstić information content (AvgIpc) is 1.99. The molecule has 4 heteroatoms. The Morgan fingerprint density at radius 3 is 2.92 bits per heavy atom. The van der Waals surface area contributed by atoms with Crippen LogP contribution in [0.3, 0.4) is 0 Å². The van der Waals surface area contributed by atoms with E-state index in [1.807, 2.05) is 33.3 Å². The molecule has 0 bridgehead atoms. The predicted molar refractivity (Wildman–Crippen MR) is 49.9 cm³/mol. The maximum atomic E-state index is 10.7. The molecule has 74 valence electrons. The van der Waals surface area contributed by atoms with E-state index in [2.05, 4.69) is 4.90 Å². The second kappa shape index (κ2) is 3.47. The first-order valence-corrected chi connectivity index (χ1v) is 4.40. The van der Waals surface area contributed by atoms with Crippen molar-refractivity contribution in [2.45, 2.75) is 13.1 Å². The van der Waals surface area contributed by atoms with Crippen LogP contribution in [0.4, 0.5) is 0 Å². The fourth-order valence-corrected chi connectivity index (χ4v) is 1.66. The molecule has 1 heterocycles. The van der Waals surface area contributed by atoms with E-state index in [0.29, 0.717) is 4.48 Å². The zero-order valence-electron chi connectivity index (χ0n) is 8.40. The van der Waals surface area contributed by atoms with Gasteiger partial charge in [0.25, 0.3) is 0 Å². The van der Waals surface area contributed by atoms with Gasteiger partial charge in [-0.2, -0.15) is 0 Å². The zero-order valence-corrected chi connectivity index (χ0v) is 8.40. The summed E-state index contributed by atoms with van der Waals surface area (Å²) in [5.74, 6) is -0.755. The van der Waals surface area contributed by atoms with Gasteiger partial charge in [0.2, 0.25) is 0 Å². The lowest BCUT2D eigenvalue weighted by atomic mass is 10.2. The molecule has 1 aliphatic heterocycles. The SMILES string of the molecule is CC1N(C)CC=C[N+]1(C)CC(=O)O. The molecule has 1 N–H and O–H groups in total. The monoisotopic (exact) mass is 185 g/mol. The van der Waals surface area contributed by atoms with Gasteiger partial charge in [0.05, 0.1) is 13.2 Å². The smallest absolute Gasteiger partial charge is 0.359 e. The first-order valence-electron chi connectivity index (χ1n) is 4.40. The zero-order chi connectivity index (χ0) is 10.1. The number of nitrogens with zero attached hydrogens (tertiary/aromatic N) is 2. The first kappa shape index (κ1) is 10.2. The van der Waals surface area contributed by atoms with Crippen LogP contribution in [0.1, 0.15) is 6.92 Å². The molecule has 2 unspecified atom stereocenters. The summed E-state index contributed by atoms with van der Waals surface area (Å²) in [6.45, 7) is 3.09. The summed E-state index contributed by atoms with van der Waals surface area (Å²) < 4.78 is 0.450. The van der Waals surface area contributed by atoms with Crippen molar-refractivity contribution in [3.05, 3.63) is 12.3 Å². The number of carboxylic acid groups (broad SMARTS) is 1. The van der Waals surface area contributed by atoms with Crippen LogP contribution in [0, 0.1) is 0 Å². The Morgan fingerprint density at radius 1 is 1.77 bits per heavy atom. The van der Waals surface area contributed by atoms with E-state index in [4.69, 9.17) is 5.11 Å². The van der Waals surface area contributed by atoms with Crippen LogP contribution < -0.4 is 0 Å². The Hall–Kier alpha value is -0.870. The molecule has 1 aliphatic rings. The van der Waals surface area contributed by atoms with Crippen LogP contribution in [-0.2, 0) is 4.79 Å². The molecule has 13 heavy (non-hydrogen) atoms. The fourth-order valence-electron chi connectivity index (χ4n) is 1.66. The van der Waals surface area contributed by atoms with Crippen molar-refractivity contribution < 1.29 is 14.4 Å². The van der Waals surface area contributed by atoms with Gasteiger partial charge in [0.1, 0.15) is 6.17 Å². The maximum Gasteiger partial charge on any atom is 0.359 e. The third-order valence-electron chi connectivity index (χ3n) is 2.81. The minimum Gasteiger partial charge on any atom is -0.477 e. The van der Waals surface area contributed by atoms with Crippen LogP contribution >= 0.6 is 0 Å². The van der Waals surface area contributed by atoms with E-state index >= 15 is 0 Å². The lowest BCUT2D eigenvalue weighted by Crippen LogP contribution is -2.58. The summed E-state index contributed by atoms with van der Waals surface area (Å²) in [6, 6.07) is 0. The van der Waals surface area contributed by atoms with Crippen molar-refractivity contribution in [3.63, 3.8) is 0 Å². The molecule has 0 aromatic rings. The lowest BCUT2D eigenvalue weighted by molar-refractivity contribution is -0.890. The molecule has 0 saturated carbocycles. The van der Waals surface area contributed by atoms with Crippen molar-refractivity contribution in [1.29, 1.82) is 0 Å². The van der Waals surface area contributed by atoms with Crippen LogP contribution in [0.15, 0.2) is 12.3 Å². The molecule has 1 rings (SSSR count). The Morgan fingerprint density at radius 2 is 2.38 bits per heavy atom. The molecule has 0 radical (unpaired) electrons. The van der Waals surface area contributed by atoms with Crippen LogP contribution in [0.5, 0.6) is 0 Å². The summed E-state index contributed by atoms with van der Waals surface area (Å²) in [6.07, 6.45) is 4.21. The highest BCUT2D eigenvalue weighted by Gasteiger charge is 2.34. The number of likely N-dealkylation sites (N-methyl/N-ethyl adjacent to an activating group) is 2. The van der Waals surface area contributed by atoms with Gasteiger partial charge in [-0.3, -0.25) is 9.38 Å². The highest BCUT2D eigenvalue weighted by molar-refractivity contribution is 5.68. The molecule has 0 saturated heterocycles. The van der Waals surface area contributed by atoms with Gasteiger partial charge in [-0.15, -0.1) is 0 Å². The highest BCUT2D eigenvalue weighted by atomic mass is 16.4. The van der Waals surface area contributed by atoms with Crippen molar-refractivity contribution in [2.75, 3.05) is 27.2 Å². The van der Waals surface area contributed by atoms with E-state index < -0.39 is 5.97 Å². The molecule has 0 fully saturated rings. The summed E-state index contributed by atoms with van der Waals surface area (Å²) >= 11 is 0. The van der Waals surface area contributed by atoms with Gasteiger partial charge < -0.3 is 5.11 Å². The molecular weight excluding hydrogens is 168 g/mol. The van der Waals surface area contributed by atoms with Gasteiger partial charge in [-0.25, -0.2) is 4.79 Å². The van der Waals surface area contributed by atoms with Gasteiger partial charge in [0, 0.05) is 13.5 Å². The first-order chi connectivity index (χ1) is 5.96. The van der Waals surface area contributed by atoms with E-state index in [-0.39, 0.29) is 12.7 Å². The second-order valence-electron chi connectivity index (χ2n) is 3.85. The lowest BCUT2D eigenvalue weighted by Gasteiger charge is -2.42. The third kappa shape index (κ3) is 2.08. The van der Waals surface area contributed by atoms with E-state index in [9.17, 15) is 4.79 Å². The van der Waals surface area contributed by atoms with E-state index in [1.165, 1.54) is 0 Å². The van der Waals surface area contributed by atoms with E-state index in [1.54, 1.807) is 0 Å². The average molecular weight is 185 g/mol. The summed E-state index contributed by atoms with van der Waals surface area (Å²) in [7, 11) is 3.94. The summed E-state index contributed by atoms with van der Waals surface area (Å²) in [5, 5.41) is 8.77. The maximum absolute atomic E-state index is 10.7. The molecule has 0 aromatic carbocycles. The van der Waals surface area contributed by atoms with Crippen LogP contribution in [-0.4, -0.2) is 53.8 Å². The number of quaternary nitrogens is 1. The highest BCUT2D eigenvalue weighted by Crippen LogP contribution is 2.18. The van der Waals surface area contributed by atoms with Crippen molar-refractivity contribution in [1.82, 2.24) is 4.90 Å². The molecule has 0 spiro atoms. The standard InChI is InChI=1S/C9H16N2O2/c1-8-10(2)5-4-6-11(8,3)7-9(12)13/h4,6,8H,5,7H2,1-3H3/p+1. The third-order valence-corrected chi connectivity index (χ3v) is 2.81. The van der Waals surface area contributed by atoms with Gasteiger partial charge in [0.15, 0.2) is 6.54 Å². The number of carbonyl (C=O) groups is 1. The van der Waals surface area contributed by atoms with Crippen LogP contribution in [0.2, 0.25) is 0 Å². The number of carboxylic acids is 1. The second-order valence-corrected chi connectivity index (χ2v) is 3.85. The number of hydrogen-bond acceptors (Lipinski definition) is 2. The Balaban J connectivity index is 2.81. The minimum absolute atomic E-state index is 0.141. The normalized spacial score (nSPS) is 34.8. The van der Waals surface area contributed by atoms with Crippen LogP contribution in [0.25, 0.3) is 0 Å². The fraction of sp³-hybridized carbons (Fsp3) is 0.667. The number of aliphatic carboxylic acids is 1. The molecule has 0 aromatic heterocycles. The Labute approximate surface area is 78.6 Å². The Bertz CT molecular complexity index is 240. The number of hydrogen-bond donors (Lipinski definition) is 1. The van der Waals surface area contributed by atoms with Crippen molar-refractivity contribution >= 4 is 5.97 Å². The minimum atomic E-state index is -0.755. The predicted octanol–water partition coefficient (Wildman–Crippen LogP) is 0.323. The molecule has 0 amide bonds. The number of rotatable bonds is 2. The topological polar surface area (TPSA) is 40.5 Å². The largest absolute Gasteiger partial charge is 0.477 e. The summed E-state index contributed by atoms with van der Waals surface area (Å²) in [4.78, 5) is 12.8.